The fourth-order valence-corrected chi connectivity index (χ4v) is 15.9. The van der Waals surface area contributed by atoms with E-state index < -0.39 is 11.7 Å². The van der Waals surface area contributed by atoms with E-state index >= 15 is 0 Å². The lowest BCUT2D eigenvalue weighted by Crippen LogP contribution is -2.32. The third-order valence-electron chi connectivity index (χ3n) is 23.8. The van der Waals surface area contributed by atoms with Crippen molar-refractivity contribution in [2.75, 3.05) is 60.0 Å². The molecule has 17 rings (SSSR count). The molecule has 4 aliphatic heterocycles. The molecule has 0 radical (unpaired) electrons. The first-order chi connectivity index (χ1) is 70.0. The molecule has 1 unspecified atom stereocenters. The largest absolute Gasteiger partial charge is 0.497 e. The number of nitrogens with zero attached hydrogens (tertiary/aromatic N) is 16. The van der Waals surface area contributed by atoms with Gasteiger partial charge in [0.05, 0.1) is 59.4 Å². The lowest BCUT2D eigenvalue weighted by molar-refractivity contribution is -0.120. The van der Waals surface area contributed by atoms with Crippen LogP contribution >= 0.6 is 0 Å². The first-order valence-electron chi connectivity index (χ1n) is 48.5. The zero-order valence-electron chi connectivity index (χ0n) is 83.8. The van der Waals surface area contributed by atoms with Gasteiger partial charge in [-0.05, 0) is 173 Å². The van der Waals surface area contributed by atoms with E-state index in [4.69, 9.17) is 34.9 Å². The average Bonchev–Trinajstić information content (AvgIpc) is 1.65. The van der Waals surface area contributed by atoms with Crippen LogP contribution in [0.3, 0.4) is 0 Å². The fourth-order valence-electron chi connectivity index (χ4n) is 15.9. The van der Waals surface area contributed by atoms with Crippen molar-refractivity contribution in [2.24, 2.45) is 11.7 Å². The van der Waals surface area contributed by atoms with E-state index in [1.54, 1.807) is 33.8 Å². The topological polar surface area (TPSA) is 403 Å². The van der Waals surface area contributed by atoms with Gasteiger partial charge in [-0.2, -0.15) is 39.9 Å². The van der Waals surface area contributed by atoms with Crippen molar-refractivity contribution in [3.05, 3.63) is 398 Å². The number of amides is 8. The number of alkyl carbamates (subject to hydrolysis) is 1. The van der Waals surface area contributed by atoms with E-state index in [1.807, 2.05) is 148 Å². The molecule has 4 aliphatic rings. The van der Waals surface area contributed by atoms with E-state index in [-0.39, 0.29) is 36.5 Å². The molecule has 8 amide bonds. The van der Waals surface area contributed by atoms with Gasteiger partial charge in [-0.25, -0.2) is 39.1 Å². The predicted octanol–water partition coefficient (Wildman–Crippen LogP) is 17.0. The number of hydrogen-bond acceptors (Lipinski definition) is 25. The summed E-state index contributed by atoms with van der Waals surface area (Å²) in [5.41, 5.74) is 24.9. The number of carbonyl (C=O) groups excluding carboxylic acids is 5. The molecular formula is C112H127N25O8. The number of benzene rings is 9. The highest BCUT2D eigenvalue weighted by Crippen LogP contribution is 2.34. The molecule has 10 N–H and O–H groups in total. The van der Waals surface area contributed by atoms with E-state index in [0.29, 0.717) is 198 Å². The monoisotopic (exact) mass is 1950 g/mol. The van der Waals surface area contributed by atoms with Crippen molar-refractivity contribution in [1.82, 2.24) is 95.8 Å². The highest BCUT2D eigenvalue weighted by atomic mass is 16.6. The van der Waals surface area contributed by atoms with Gasteiger partial charge in [-0.1, -0.05) is 237 Å². The summed E-state index contributed by atoms with van der Waals surface area (Å²) in [5, 5.41) is 24.2. The lowest BCUT2D eigenvalue weighted by atomic mass is 10.0. The molecule has 8 heterocycles. The number of rotatable bonds is 38. The van der Waals surface area contributed by atoms with Crippen LogP contribution in [0.1, 0.15) is 152 Å². The third kappa shape index (κ3) is 32.7. The number of carbonyl (C=O) groups is 5. The number of para-hydroxylation sites is 1. The minimum atomic E-state index is -0.537. The third-order valence-corrected chi connectivity index (χ3v) is 23.8. The number of anilines is 5. The normalized spacial score (nSPS) is 13.7. The Morgan fingerprint density at radius 2 is 0.648 bits per heavy atom. The molecule has 4 fully saturated rings. The molecule has 9 aromatic carbocycles. The minimum absolute atomic E-state index is 0.0283. The van der Waals surface area contributed by atoms with Crippen LogP contribution < -0.4 is 62.6 Å². The molecular weight excluding hydrogens is 1820 g/mol. The predicted molar refractivity (Wildman–Crippen MR) is 562 cm³/mol. The van der Waals surface area contributed by atoms with Gasteiger partial charge in [0, 0.05) is 99.8 Å². The summed E-state index contributed by atoms with van der Waals surface area (Å²) in [6, 6.07) is 74.6. The maximum Gasteiger partial charge on any atom is 0.407 e. The van der Waals surface area contributed by atoms with Crippen LogP contribution in [-0.4, -0.2) is 144 Å². The summed E-state index contributed by atoms with van der Waals surface area (Å²) in [6.07, 6.45) is 6.50. The molecule has 33 heteroatoms. The molecule has 0 bridgehead atoms. The van der Waals surface area contributed by atoms with Crippen LogP contribution in [0.15, 0.2) is 274 Å². The summed E-state index contributed by atoms with van der Waals surface area (Å²) >= 11 is 0. The highest BCUT2D eigenvalue weighted by molar-refractivity contribution is 6.01. The zero-order valence-corrected chi connectivity index (χ0v) is 83.8. The first-order valence-corrected chi connectivity index (χ1v) is 48.5. The molecule has 0 saturated carbocycles. The molecule has 145 heavy (non-hydrogen) atoms. The van der Waals surface area contributed by atoms with Crippen molar-refractivity contribution in [1.29, 1.82) is 0 Å². The van der Waals surface area contributed by atoms with E-state index in [2.05, 4.69) is 238 Å². The Morgan fingerprint density at radius 1 is 0.366 bits per heavy atom. The Morgan fingerprint density at radius 3 is 0.945 bits per heavy atom. The maximum atomic E-state index is 13.4. The number of ether oxygens (including phenoxy) is 3. The summed E-state index contributed by atoms with van der Waals surface area (Å²) in [5.74, 6) is 8.34. The molecule has 0 spiro atoms. The van der Waals surface area contributed by atoms with Gasteiger partial charge in [-0.15, -0.1) is 0 Å². The quantitative estimate of drug-likeness (QED) is 0.0173. The summed E-state index contributed by atoms with van der Waals surface area (Å²) in [4.78, 5) is 124. The highest BCUT2D eigenvalue weighted by Gasteiger charge is 2.37. The molecule has 4 saturated heterocycles. The molecule has 1 atom stereocenters. The fraction of sp³-hybridized carbons (Fsp3) is 0.295. The lowest BCUT2D eigenvalue weighted by Gasteiger charge is -2.19. The summed E-state index contributed by atoms with van der Waals surface area (Å²) in [6.45, 7) is 34.7. The Hall–Kier alpha value is -16.7. The minimum Gasteiger partial charge on any atom is -0.497 e. The Balaban J connectivity index is 0.000000154. The van der Waals surface area contributed by atoms with Gasteiger partial charge < -0.3 is 77.2 Å². The van der Waals surface area contributed by atoms with Crippen LogP contribution in [-0.2, 0) is 126 Å². The number of nitrogens with one attached hydrogen (secondary N) is 8. The van der Waals surface area contributed by atoms with Gasteiger partial charge in [-0.3, -0.25) is 9.69 Å². The smallest absolute Gasteiger partial charge is 0.407 e. The van der Waals surface area contributed by atoms with Gasteiger partial charge in [0.25, 0.3) is 0 Å². The van der Waals surface area contributed by atoms with Crippen LogP contribution in [0.25, 0.3) is 0 Å². The maximum absolute atomic E-state index is 13.4. The second-order valence-corrected chi connectivity index (χ2v) is 37.1. The molecule has 4 aromatic heterocycles. The summed E-state index contributed by atoms with van der Waals surface area (Å²) in [7, 11) is 3.30. The van der Waals surface area contributed by atoms with E-state index in [0.717, 1.165) is 81.9 Å². The number of urea groups is 3. The number of nitrogens with two attached hydrogens (primary N) is 1. The van der Waals surface area contributed by atoms with Crippen LogP contribution in [0.5, 0.6) is 11.5 Å². The summed E-state index contributed by atoms with van der Waals surface area (Å²) < 4.78 is 15.8. The molecule has 13 aromatic rings. The van der Waals surface area contributed by atoms with Gasteiger partial charge >= 0.3 is 24.2 Å². The van der Waals surface area contributed by atoms with Crippen molar-refractivity contribution >= 4 is 59.6 Å². The van der Waals surface area contributed by atoms with Crippen LogP contribution in [0, 0.1) is 33.6 Å². The molecule has 33 nitrogen and oxygen atoms in total. The van der Waals surface area contributed by atoms with Crippen molar-refractivity contribution < 1.29 is 38.2 Å². The number of hydrogen-bond donors (Lipinski definition) is 9. The van der Waals surface area contributed by atoms with E-state index in [1.165, 1.54) is 44.5 Å². The van der Waals surface area contributed by atoms with Crippen molar-refractivity contribution in [3.8, 4) is 11.5 Å². The Bertz CT molecular complexity index is 6450. The Labute approximate surface area is 847 Å². The molecule has 0 aliphatic carbocycles. The number of aromatic nitrogens is 12. The van der Waals surface area contributed by atoms with Crippen molar-refractivity contribution in [2.45, 2.75) is 177 Å². The second-order valence-electron chi connectivity index (χ2n) is 37.1. The number of allylic oxidation sites excluding steroid dienone is 1. The number of methoxy groups -OCH3 is 2. The van der Waals surface area contributed by atoms with Gasteiger partial charge in [0.15, 0.2) is 17.5 Å². The zero-order chi connectivity index (χ0) is 102. The second kappa shape index (κ2) is 50.6. The molecule has 748 valence electrons. The standard InChI is InChI=1S/C32H33N5O2.C30H37N7O3.C25H29N7O.C25H28N6O2/c1-22-9-11-24(12-10-22)15-18-29-34-30(36-32(35-29)33-21-25-13-16-28(39-3)17-14-25)20-26-19-23(2)37(31(26)38)27-7-5-4-6-8-27;1-20-6-8-22(9-7-20)14-15-25-34-26(19-37-18-21(2)33-28(37)38)36-27(35-25)31-16-23-10-12-24(13-11-23)17-32-29(39)40-30(3,4)5;1-17-3-5-19(6-4-17)11-12-22-29-23(16-32-15-18(2)28-25(32)33)31-24(30-22)27-14-21-9-7-20(13-26)8-10-21;1-17-4-6-19(7-5-17)10-13-22-28-23(16-31-15-18(2)27-25(31)32)30-24(29-22)26-14-20-8-11-21(33-3)12-9-20/h4-14,16-17,26H,2,15,18-21H2,1,3H3,(H,33,34,35,36);6-13H,2,14-19H2,1,3-5H3,(H,32,39)(H,33,38)(H,31,34,35,36);3-10H,2,11-16,26H2,1H3,(H,28,33)(H,27,29,30,31);4-9,11-12H,2,10,13-16H2,1,3H3,(H,27,32)(H,26,28,29,30). The SMILES string of the molecule is C=C1CC(Cc2nc(CCc3ccc(C)cc3)nc(NCc3ccc(OC)cc3)n2)C(=O)N1c1ccccc1.C=C1CN(Cc2nc(CCc3ccc(C)cc3)nc(NCc3ccc(CN)cc3)n2)C(=O)N1.C=C1CN(Cc2nc(CCc3ccc(C)cc3)nc(NCc3ccc(CNC(=O)OC(C)(C)C)cc3)n2)C(=O)N1.C=C1CN(Cc2nc(CCc3ccc(C)cc3)nc(NCc3ccc(OC)cc3)n2)C(=O)N1. The van der Waals surface area contributed by atoms with Gasteiger partial charge in [0.1, 0.15) is 46.2 Å². The van der Waals surface area contributed by atoms with E-state index in [9.17, 15) is 24.0 Å². The number of aryl methyl sites for hydroxylation is 12. The van der Waals surface area contributed by atoms with Crippen molar-refractivity contribution in [3.63, 3.8) is 0 Å². The van der Waals surface area contributed by atoms with Crippen LogP contribution in [0.4, 0.5) is 48.7 Å². The van der Waals surface area contributed by atoms with Crippen LogP contribution in [0.2, 0.25) is 0 Å². The Kier molecular flexibility index (Phi) is 36.3. The average molecular weight is 1950 g/mol. The first kappa shape index (κ1) is 104. The van der Waals surface area contributed by atoms with Gasteiger partial charge in [0.2, 0.25) is 29.7 Å².